The molecule has 0 bridgehead atoms. The molecule has 0 saturated carbocycles. The van der Waals surface area contributed by atoms with Crippen LogP contribution in [-0.4, -0.2) is 32.3 Å². The summed E-state index contributed by atoms with van der Waals surface area (Å²) in [4.78, 5) is 17.2. The lowest BCUT2D eigenvalue weighted by atomic mass is 10.1. The summed E-state index contributed by atoms with van der Waals surface area (Å²) in [5.74, 6) is 0.277. The van der Waals surface area contributed by atoms with Gasteiger partial charge in [0.1, 0.15) is 5.75 Å². The van der Waals surface area contributed by atoms with Crippen molar-refractivity contribution in [2.45, 2.75) is 25.3 Å². The lowest BCUT2D eigenvalue weighted by molar-refractivity contribution is 0.0497. The normalized spacial score (nSPS) is 10.8. The monoisotopic (exact) mass is 318 g/mol. The molecule has 0 spiro atoms. The number of hydrogen-bond acceptors (Lipinski definition) is 5. The molecular formula is C14H18N6O3. The van der Waals surface area contributed by atoms with E-state index >= 15 is 0 Å². The van der Waals surface area contributed by atoms with Crippen molar-refractivity contribution in [3.63, 3.8) is 0 Å². The Labute approximate surface area is 133 Å². The zero-order chi connectivity index (χ0) is 16.9. The first-order chi connectivity index (χ1) is 11.2. The van der Waals surface area contributed by atoms with E-state index < -0.39 is 5.97 Å². The first-order valence-corrected chi connectivity index (χ1v) is 7.07. The Morgan fingerprint density at radius 2 is 1.96 bits per heavy atom. The number of azide groups is 2. The van der Waals surface area contributed by atoms with Crippen LogP contribution in [0.15, 0.2) is 34.5 Å². The van der Waals surface area contributed by atoms with Crippen LogP contribution in [0.25, 0.3) is 20.9 Å². The zero-order valence-corrected chi connectivity index (χ0v) is 12.8. The molecule has 0 radical (unpaired) electrons. The molecule has 23 heavy (non-hydrogen) atoms. The second-order valence-corrected chi connectivity index (χ2v) is 4.63. The van der Waals surface area contributed by atoms with Crippen LogP contribution in [0.5, 0.6) is 5.75 Å². The molecule has 0 heterocycles. The Hall–Kier alpha value is -2.89. The van der Waals surface area contributed by atoms with Crippen molar-refractivity contribution >= 4 is 5.97 Å². The Balaban J connectivity index is 2.28. The van der Waals surface area contributed by atoms with Crippen molar-refractivity contribution in [3.8, 4) is 5.75 Å². The highest BCUT2D eigenvalue weighted by atomic mass is 16.5. The van der Waals surface area contributed by atoms with Gasteiger partial charge in [0, 0.05) is 22.4 Å². The number of nitrogens with zero attached hydrogens (tertiary/aromatic N) is 6. The molecule has 0 saturated heterocycles. The van der Waals surface area contributed by atoms with E-state index in [1.165, 1.54) is 0 Å². The molecule has 1 aromatic rings. The molecule has 0 aliphatic heterocycles. The number of carbonyl (C=O) groups is 1. The molecule has 0 aliphatic carbocycles. The summed E-state index contributed by atoms with van der Waals surface area (Å²) in [7, 11) is 1.55. The molecule has 0 aromatic heterocycles. The fourth-order valence-corrected chi connectivity index (χ4v) is 1.85. The van der Waals surface area contributed by atoms with Gasteiger partial charge >= 0.3 is 5.97 Å². The standard InChI is InChI=1S/C14H18N6O3/c1-22-13-7-5-11(6-8-13)14(21)23-9-3-2-4-12(18-20-16)10-17-19-15/h5-8,12H,2-4,9-10H2,1H3. The molecule has 1 aromatic carbocycles. The number of hydrogen-bond donors (Lipinski definition) is 0. The van der Waals surface area contributed by atoms with Crippen molar-refractivity contribution in [2.24, 2.45) is 10.2 Å². The molecule has 122 valence electrons. The van der Waals surface area contributed by atoms with Crippen LogP contribution in [0.2, 0.25) is 0 Å². The van der Waals surface area contributed by atoms with Crippen molar-refractivity contribution < 1.29 is 14.3 Å². The van der Waals surface area contributed by atoms with Crippen LogP contribution < -0.4 is 4.74 Å². The average molecular weight is 318 g/mol. The summed E-state index contributed by atoms with van der Waals surface area (Å²) in [6.07, 6.45) is 1.90. The molecule has 1 unspecified atom stereocenters. The highest BCUT2D eigenvalue weighted by molar-refractivity contribution is 5.89. The van der Waals surface area contributed by atoms with E-state index in [0.29, 0.717) is 30.6 Å². The Bertz CT molecular complexity index is 591. The fourth-order valence-electron chi connectivity index (χ4n) is 1.85. The lowest BCUT2D eigenvalue weighted by Crippen LogP contribution is -2.09. The number of unbranched alkanes of at least 4 members (excludes halogenated alkanes) is 1. The molecule has 0 amide bonds. The molecular weight excluding hydrogens is 300 g/mol. The van der Waals surface area contributed by atoms with E-state index in [2.05, 4.69) is 20.1 Å². The number of esters is 1. The molecule has 9 nitrogen and oxygen atoms in total. The summed E-state index contributed by atoms with van der Waals surface area (Å²) >= 11 is 0. The highest BCUT2D eigenvalue weighted by Gasteiger charge is 2.08. The minimum atomic E-state index is -0.395. The highest BCUT2D eigenvalue weighted by Crippen LogP contribution is 2.12. The van der Waals surface area contributed by atoms with E-state index in [1.54, 1.807) is 31.4 Å². The van der Waals surface area contributed by atoms with Crippen molar-refractivity contribution in [2.75, 3.05) is 20.3 Å². The predicted octanol–water partition coefficient (Wildman–Crippen LogP) is 4.01. The van der Waals surface area contributed by atoms with Gasteiger partial charge < -0.3 is 9.47 Å². The Morgan fingerprint density at radius 3 is 2.57 bits per heavy atom. The fraction of sp³-hybridized carbons (Fsp3) is 0.500. The van der Waals surface area contributed by atoms with Gasteiger partial charge in [-0.2, -0.15) is 0 Å². The van der Waals surface area contributed by atoms with Gasteiger partial charge in [0.15, 0.2) is 0 Å². The van der Waals surface area contributed by atoms with Crippen LogP contribution in [0.1, 0.15) is 29.6 Å². The van der Waals surface area contributed by atoms with Crippen LogP contribution in [0, 0.1) is 0 Å². The van der Waals surface area contributed by atoms with Crippen molar-refractivity contribution in [1.82, 2.24) is 0 Å². The van der Waals surface area contributed by atoms with Gasteiger partial charge in [-0.3, -0.25) is 0 Å². The largest absolute Gasteiger partial charge is 0.497 e. The van der Waals surface area contributed by atoms with E-state index in [9.17, 15) is 4.79 Å². The summed E-state index contributed by atoms with van der Waals surface area (Å²) in [6.45, 7) is 0.404. The second-order valence-electron chi connectivity index (χ2n) is 4.63. The smallest absolute Gasteiger partial charge is 0.338 e. The number of methoxy groups -OCH3 is 1. The number of benzene rings is 1. The second kappa shape index (κ2) is 10.8. The molecule has 1 rings (SSSR count). The molecule has 9 heteroatoms. The lowest BCUT2D eigenvalue weighted by Gasteiger charge is -2.08. The van der Waals surface area contributed by atoms with Gasteiger partial charge in [-0.15, -0.1) is 0 Å². The molecule has 0 fully saturated rings. The summed E-state index contributed by atoms with van der Waals surface area (Å²) < 4.78 is 10.2. The number of rotatable bonds is 10. The van der Waals surface area contributed by atoms with E-state index in [1.807, 2.05) is 0 Å². The summed E-state index contributed by atoms with van der Waals surface area (Å²) in [6, 6.07) is 6.29. The predicted molar refractivity (Wildman–Crippen MR) is 84.1 cm³/mol. The summed E-state index contributed by atoms with van der Waals surface area (Å²) in [5, 5.41) is 6.95. The number of ether oxygens (including phenoxy) is 2. The van der Waals surface area contributed by atoms with Gasteiger partial charge in [0.2, 0.25) is 0 Å². The molecule has 0 aliphatic rings. The first-order valence-electron chi connectivity index (χ1n) is 7.07. The van der Waals surface area contributed by atoms with Gasteiger partial charge in [0.05, 0.1) is 19.3 Å². The zero-order valence-electron chi connectivity index (χ0n) is 12.8. The van der Waals surface area contributed by atoms with Crippen LogP contribution in [0.4, 0.5) is 0 Å². The number of carbonyl (C=O) groups excluding carboxylic acids is 1. The first kappa shape index (κ1) is 18.2. The van der Waals surface area contributed by atoms with Crippen LogP contribution in [0.3, 0.4) is 0 Å². The third kappa shape index (κ3) is 7.08. The van der Waals surface area contributed by atoms with E-state index in [0.717, 1.165) is 0 Å². The van der Waals surface area contributed by atoms with Gasteiger partial charge in [0.25, 0.3) is 0 Å². The van der Waals surface area contributed by atoms with Crippen LogP contribution >= 0.6 is 0 Å². The van der Waals surface area contributed by atoms with Gasteiger partial charge in [-0.1, -0.05) is 10.2 Å². The van der Waals surface area contributed by atoms with E-state index in [4.69, 9.17) is 20.5 Å². The maximum Gasteiger partial charge on any atom is 0.338 e. The van der Waals surface area contributed by atoms with Gasteiger partial charge in [-0.25, -0.2) is 4.79 Å². The minimum Gasteiger partial charge on any atom is -0.497 e. The third-order valence-corrected chi connectivity index (χ3v) is 3.06. The van der Waals surface area contributed by atoms with Crippen molar-refractivity contribution in [3.05, 3.63) is 50.7 Å². The molecule has 0 N–H and O–H groups in total. The maximum atomic E-state index is 11.8. The van der Waals surface area contributed by atoms with E-state index in [-0.39, 0.29) is 19.2 Å². The minimum absolute atomic E-state index is 0.131. The quantitative estimate of drug-likeness (QED) is 0.212. The summed E-state index contributed by atoms with van der Waals surface area (Å²) in [5.41, 5.74) is 17.1. The Kier molecular flexibility index (Phi) is 8.51. The Morgan fingerprint density at radius 1 is 1.22 bits per heavy atom. The average Bonchev–Trinajstić information content (AvgIpc) is 2.59. The van der Waals surface area contributed by atoms with Crippen LogP contribution in [-0.2, 0) is 4.74 Å². The van der Waals surface area contributed by atoms with Crippen molar-refractivity contribution in [1.29, 1.82) is 0 Å². The van der Waals surface area contributed by atoms with Gasteiger partial charge in [-0.05, 0) is 54.6 Å². The molecule has 1 atom stereocenters. The topological polar surface area (TPSA) is 133 Å². The maximum absolute atomic E-state index is 11.8. The third-order valence-electron chi connectivity index (χ3n) is 3.06. The SMILES string of the molecule is COc1ccc(C(=O)OCCCCC(CN=[N+]=[N-])N=[N+]=[N-])cc1.